The van der Waals surface area contributed by atoms with E-state index in [1.54, 1.807) is 6.07 Å². The number of carboxylic acid groups (broad SMARTS) is 2. The third-order valence-electron chi connectivity index (χ3n) is 2.26. The van der Waals surface area contributed by atoms with Crippen LogP contribution in [-0.4, -0.2) is 44.9 Å². The predicted octanol–water partition coefficient (Wildman–Crippen LogP) is 3.15. The van der Waals surface area contributed by atoms with E-state index in [4.69, 9.17) is 21.8 Å². The molecule has 2 rings (SSSR count). The largest absolute Gasteiger partial charge is 0.477 e. The zero-order chi connectivity index (χ0) is 19.0. The Hall–Kier alpha value is -2.88. The SMILES string of the molecule is O=C(O)c1cccc(Cl)n1.O=C(O)c1cccc(OCC(F)(F)F)n1. The minimum absolute atomic E-state index is 0.0347. The van der Waals surface area contributed by atoms with Crippen LogP contribution in [0.15, 0.2) is 36.4 Å². The zero-order valence-corrected chi connectivity index (χ0v) is 13.0. The van der Waals surface area contributed by atoms with Crippen molar-refractivity contribution < 1.29 is 37.7 Å². The molecule has 0 spiro atoms. The number of halogens is 4. The van der Waals surface area contributed by atoms with Crippen LogP contribution in [0, 0.1) is 0 Å². The van der Waals surface area contributed by atoms with Gasteiger partial charge in [0.2, 0.25) is 5.88 Å². The molecule has 0 radical (unpaired) electrons. The first-order valence-electron chi connectivity index (χ1n) is 6.34. The maximum Gasteiger partial charge on any atom is 0.422 e. The molecule has 0 unspecified atom stereocenters. The van der Waals surface area contributed by atoms with E-state index in [0.717, 1.165) is 12.1 Å². The predicted molar refractivity (Wildman–Crippen MR) is 79.0 cm³/mol. The van der Waals surface area contributed by atoms with Crippen molar-refractivity contribution in [1.29, 1.82) is 0 Å². The van der Waals surface area contributed by atoms with Crippen LogP contribution in [-0.2, 0) is 0 Å². The highest BCUT2D eigenvalue weighted by atomic mass is 35.5. The van der Waals surface area contributed by atoms with Gasteiger partial charge in [-0.15, -0.1) is 0 Å². The molecule has 0 bridgehead atoms. The molecule has 0 amide bonds. The number of hydrogen-bond donors (Lipinski definition) is 2. The van der Waals surface area contributed by atoms with Crippen molar-refractivity contribution in [2.24, 2.45) is 0 Å². The van der Waals surface area contributed by atoms with E-state index in [9.17, 15) is 22.8 Å². The van der Waals surface area contributed by atoms with Crippen molar-refractivity contribution in [3.8, 4) is 5.88 Å². The lowest BCUT2D eigenvalue weighted by Gasteiger charge is -2.08. The molecule has 25 heavy (non-hydrogen) atoms. The number of carboxylic acids is 2. The lowest BCUT2D eigenvalue weighted by molar-refractivity contribution is -0.154. The Kier molecular flexibility index (Phi) is 7.12. The first-order valence-corrected chi connectivity index (χ1v) is 6.72. The van der Waals surface area contributed by atoms with Crippen LogP contribution in [0.1, 0.15) is 21.0 Å². The second-order valence-corrected chi connectivity index (χ2v) is 4.61. The van der Waals surface area contributed by atoms with Gasteiger partial charge in [-0.3, -0.25) is 0 Å². The Morgan fingerprint density at radius 3 is 1.96 bits per heavy atom. The molecule has 0 saturated carbocycles. The first-order chi connectivity index (χ1) is 11.6. The molecular weight excluding hydrogens is 369 g/mol. The van der Waals surface area contributed by atoms with Gasteiger partial charge < -0.3 is 14.9 Å². The van der Waals surface area contributed by atoms with E-state index in [2.05, 4.69) is 14.7 Å². The molecule has 7 nitrogen and oxygen atoms in total. The lowest BCUT2D eigenvalue weighted by atomic mass is 10.3. The molecule has 0 saturated heterocycles. The maximum absolute atomic E-state index is 11.7. The summed E-state index contributed by atoms with van der Waals surface area (Å²) in [6.07, 6.45) is -4.47. The summed E-state index contributed by atoms with van der Waals surface area (Å²) in [6, 6.07) is 8.00. The van der Waals surface area contributed by atoms with Crippen molar-refractivity contribution >= 4 is 23.5 Å². The summed E-state index contributed by atoms with van der Waals surface area (Å²) in [5, 5.41) is 17.1. The van der Waals surface area contributed by atoms with E-state index in [0.29, 0.717) is 0 Å². The number of rotatable bonds is 4. The summed E-state index contributed by atoms with van der Waals surface area (Å²) >= 11 is 5.41. The summed E-state index contributed by atoms with van der Waals surface area (Å²) < 4.78 is 39.5. The molecule has 2 aromatic heterocycles. The van der Waals surface area contributed by atoms with E-state index in [1.165, 1.54) is 18.2 Å². The fourth-order valence-electron chi connectivity index (χ4n) is 1.30. The molecule has 134 valence electrons. The van der Waals surface area contributed by atoms with Crippen molar-refractivity contribution in [1.82, 2.24) is 9.97 Å². The quantitative estimate of drug-likeness (QED) is 0.786. The van der Waals surface area contributed by atoms with Crippen molar-refractivity contribution in [2.45, 2.75) is 6.18 Å². The van der Waals surface area contributed by atoms with Crippen LogP contribution < -0.4 is 4.74 Å². The molecule has 2 N–H and O–H groups in total. The van der Waals surface area contributed by atoms with Gasteiger partial charge in [-0.2, -0.15) is 13.2 Å². The van der Waals surface area contributed by atoms with Gasteiger partial charge in [0, 0.05) is 6.07 Å². The molecule has 2 heterocycles. The van der Waals surface area contributed by atoms with Crippen molar-refractivity contribution in [3.63, 3.8) is 0 Å². The van der Waals surface area contributed by atoms with Crippen molar-refractivity contribution in [2.75, 3.05) is 6.61 Å². The minimum atomic E-state index is -4.47. The molecule has 0 aliphatic heterocycles. The van der Waals surface area contributed by atoms with E-state index < -0.39 is 24.7 Å². The maximum atomic E-state index is 11.7. The molecule has 0 atom stereocenters. The number of hydrogen-bond acceptors (Lipinski definition) is 5. The monoisotopic (exact) mass is 378 g/mol. The van der Waals surface area contributed by atoms with E-state index in [1.807, 2.05) is 0 Å². The van der Waals surface area contributed by atoms with Gasteiger partial charge in [0.25, 0.3) is 0 Å². The Balaban J connectivity index is 0.000000271. The average molecular weight is 379 g/mol. The van der Waals surface area contributed by atoms with Gasteiger partial charge in [0.1, 0.15) is 10.8 Å². The Morgan fingerprint density at radius 1 is 1.00 bits per heavy atom. The van der Waals surface area contributed by atoms with Gasteiger partial charge >= 0.3 is 18.1 Å². The van der Waals surface area contributed by atoms with Gasteiger partial charge in [-0.1, -0.05) is 23.7 Å². The Bertz CT molecular complexity index is 755. The molecule has 0 fully saturated rings. The van der Waals surface area contributed by atoms with Gasteiger partial charge in [-0.05, 0) is 18.2 Å². The number of alkyl halides is 3. The van der Waals surface area contributed by atoms with E-state index in [-0.39, 0.29) is 22.4 Å². The highest BCUT2D eigenvalue weighted by molar-refractivity contribution is 6.29. The number of carbonyl (C=O) groups is 2. The van der Waals surface area contributed by atoms with E-state index >= 15 is 0 Å². The molecular formula is C14H10ClF3N2O5. The lowest BCUT2D eigenvalue weighted by Crippen LogP contribution is -2.19. The van der Waals surface area contributed by atoms with Crippen LogP contribution in [0.2, 0.25) is 5.15 Å². The Morgan fingerprint density at radius 2 is 1.52 bits per heavy atom. The second kappa shape index (κ2) is 8.83. The van der Waals surface area contributed by atoms with Gasteiger partial charge in [-0.25, -0.2) is 19.6 Å². The number of aromatic carboxylic acids is 2. The first kappa shape index (κ1) is 20.2. The molecule has 0 aliphatic carbocycles. The third kappa shape index (κ3) is 7.97. The highest BCUT2D eigenvalue weighted by Gasteiger charge is 2.28. The summed E-state index contributed by atoms with van der Waals surface area (Å²) in [7, 11) is 0. The zero-order valence-electron chi connectivity index (χ0n) is 12.2. The van der Waals surface area contributed by atoms with Crippen LogP contribution in [0.5, 0.6) is 5.88 Å². The summed E-state index contributed by atoms with van der Waals surface area (Å²) in [6.45, 7) is -1.50. The minimum Gasteiger partial charge on any atom is -0.477 e. The van der Waals surface area contributed by atoms with Crippen LogP contribution in [0.4, 0.5) is 13.2 Å². The summed E-state index contributed by atoms with van der Waals surface area (Å²) in [5.41, 5.74) is -0.401. The topological polar surface area (TPSA) is 110 Å². The van der Waals surface area contributed by atoms with Crippen LogP contribution in [0.25, 0.3) is 0 Å². The smallest absolute Gasteiger partial charge is 0.422 e. The summed E-state index contributed by atoms with van der Waals surface area (Å²) in [5.74, 6) is -2.76. The third-order valence-corrected chi connectivity index (χ3v) is 2.47. The fourth-order valence-corrected chi connectivity index (χ4v) is 1.46. The number of aromatic nitrogens is 2. The Labute approximate surface area is 143 Å². The van der Waals surface area contributed by atoms with Crippen molar-refractivity contribution in [3.05, 3.63) is 52.9 Å². The second-order valence-electron chi connectivity index (χ2n) is 4.22. The molecule has 0 aliphatic rings. The molecule has 0 aromatic carbocycles. The molecule has 11 heteroatoms. The number of pyridine rings is 2. The normalized spacial score (nSPS) is 10.4. The number of nitrogens with zero attached hydrogens (tertiary/aromatic N) is 2. The summed E-state index contributed by atoms with van der Waals surface area (Å²) in [4.78, 5) is 27.5. The highest BCUT2D eigenvalue weighted by Crippen LogP contribution is 2.17. The van der Waals surface area contributed by atoms with Gasteiger partial charge in [0.15, 0.2) is 12.3 Å². The van der Waals surface area contributed by atoms with Crippen LogP contribution >= 0.6 is 11.6 Å². The van der Waals surface area contributed by atoms with Crippen LogP contribution in [0.3, 0.4) is 0 Å². The van der Waals surface area contributed by atoms with Gasteiger partial charge in [0.05, 0.1) is 0 Å². The average Bonchev–Trinajstić information content (AvgIpc) is 2.53. The number of ether oxygens (including phenoxy) is 1. The molecule has 2 aromatic rings. The standard InChI is InChI=1S/C8H6F3NO3.C6H4ClNO2/c9-8(10,11)4-15-6-3-1-2-5(12-6)7(13)14;7-5-3-1-2-4(8-5)6(9)10/h1-3H,4H2,(H,13,14);1-3H,(H,9,10). The fraction of sp³-hybridized carbons (Fsp3) is 0.143.